The lowest BCUT2D eigenvalue weighted by Gasteiger charge is -2.10. The molecule has 0 atom stereocenters. The van der Waals surface area contributed by atoms with Crippen molar-refractivity contribution in [2.45, 2.75) is 6.54 Å². The first-order valence-corrected chi connectivity index (χ1v) is 7.27. The Balaban J connectivity index is 2.06. The lowest BCUT2D eigenvalue weighted by molar-refractivity contribution is -0.114. The molecule has 2 aromatic rings. The van der Waals surface area contributed by atoms with Gasteiger partial charge in [-0.1, -0.05) is 35.6 Å². The van der Waals surface area contributed by atoms with Crippen LogP contribution in [0, 0.1) is 0 Å². The summed E-state index contributed by atoms with van der Waals surface area (Å²) < 4.78 is 1.99. The number of carbonyl (C=O) groups is 1. The Morgan fingerprint density at radius 3 is 3.10 bits per heavy atom. The molecular formula is C15H13N3O2S. The minimum absolute atomic E-state index is 0.179. The van der Waals surface area contributed by atoms with E-state index in [1.54, 1.807) is 10.6 Å². The SMILES string of the molecule is C=CCNC(=O)C=c1sc2n(c1=O)Cc1ccccc1N=2. The minimum Gasteiger partial charge on any atom is -0.349 e. The van der Waals surface area contributed by atoms with Gasteiger partial charge in [-0.25, -0.2) is 4.99 Å². The molecule has 1 aliphatic heterocycles. The Morgan fingerprint density at radius 1 is 1.48 bits per heavy atom. The van der Waals surface area contributed by atoms with Crippen LogP contribution >= 0.6 is 11.3 Å². The number of fused-ring (bicyclic) bond motifs is 2. The van der Waals surface area contributed by atoms with Crippen LogP contribution in [0.3, 0.4) is 0 Å². The Kier molecular flexibility index (Phi) is 3.53. The Bertz CT molecular complexity index is 892. The lowest BCUT2D eigenvalue weighted by atomic mass is 10.1. The molecule has 0 spiro atoms. The maximum atomic E-state index is 12.3. The maximum absolute atomic E-state index is 12.3. The number of thiazole rings is 1. The Hall–Kier alpha value is -2.47. The lowest BCUT2D eigenvalue weighted by Crippen LogP contribution is -2.34. The molecule has 3 rings (SSSR count). The molecular weight excluding hydrogens is 286 g/mol. The molecule has 21 heavy (non-hydrogen) atoms. The normalized spacial score (nSPS) is 13.0. The van der Waals surface area contributed by atoms with Gasteiger partial charge in [0, 0.05) is 12.6 Å². The molecule has 2 heterocycles. The van der Waals surface area contributed by atoms with Gasteiger partial charge in [-0.3, -0.25) is 14.2 Å². The fourth-order valence-corrected chi connectivity index (χ4v) is 3.06. The maximum Gasteiger partial charge on any atom is 0.270 e. The summed E-state index contributed by atoms with van der Waals surface area (Å²) in [5.74, 6) is -0.302. The van der Waals surface area contributed by atoms with Crippen molar-refractivity contribution >= 4 is 29.0 Å². The largest absolute Gasteiger partial charge is 0.349 e. The van der Waals surface area contributed by atoms with E-state index in [-0.39, 0.29) is 11.5 Å². The van der Waals surface area contributed by atoms with E-state index in [0.717, 1.165) is 11.3 Å². The molecule has 0 fully saturated rings. The molecule has 1 aliphatic rings. The van der Waals surface area contributed by atoms with Gasteiger partial charge in [0.05, 0.1) is 12.2 Å². The molecule has 0 aliphatic carbocycles. The average Bonchev–Trinajstić information content (AvgIpc) is 2.79. The number of hydrogen-bond acceptors (Lipinski definition) is 4. The molecule has 1 aromatic heterocycles. The van der Waals surface area contributed by atoms with Crippen LogP contribution in [0.4, 0.5) is 5.69 Å². The third-order valence-corrected chi connectivity index (χ3v) is 4.11. The van der Waals surface area contributed by atoms with Gasteiger partial charge in [0.25, 0.3) is 5.56 Å². The van der Waals surface area contributed by atoms with Crippen LogP contribution in [0.25, 0.3) is 6.08 Å². The van der Waals surface area contributed by atoms with Crippen molar-refractivity contribution in [3.63, 3.8) is 0 Å². The zero-order valence-electron chi connectivity index (χ0n) is 11.2. The molecule has 1 aromatic carbocycles. The second-order valence-electron chi connectivity index (χ2n) is 4.56. The monoisotopic (exact) mass is 299 g/mol. The highest BCUT2D eigenvalue weighted by molar-refractivity contribution is 7.07. The van der Waals surface area contributed by atoms with Crippen LogP contribution in [0.15, 0.2) is 46.7 Å². The molecule has 1 N–H and O–H groups in total. The van der Waals surface area contributed by atoms with Gasteiger partial charge in [0.2, 0.25) is 5.91 Å². The van der Waals surface area contributed by atoms with Crippen LogP contribution in [-0.4, -0.2) is 17.0 Å². The Labute approximate surface area is 124 Å². The van der Waals surface area contributed by atoms with Gasteiger partial charge in [0.1, 0.15) is 4.53 Å². The number of aromatic nitrogens is 1. The van der Waals surface area contributed by atoms with Crippen molar-refractivity contribution < 1.29 is 4.79 Å². The summed E-state index contributed by atoms with van der Waals surface area (Å²) >= 11 is 1.23. The van der Waals surface area contributed by atoms with Gasteiger partial charge in [0.15, 0.2) is 4.80 Å². The van der Waals surface area contributed by atoms with E-state index >= 15 is 0 Å². The number of nitrogens with one attached hydrogen (secondary N) is 1. The molecule has 0 radical (unpaired) electrons. The van der Waals surface area contributed by atoms with Crippen molar-refractivity contribution in [2.24, 2.45) is 4.99 Å². The van der Waals surface area contributed by atoms with Crippen LogP contribution in [0.2, 0.25) is 0 Å². The third kappa shape index (κ3) is 2.57. The van der Waals surface area contributed by atoms with Gasteiger partial charge in [-0.15, -0.1) is 6.58 Å². The summed E-state index contributed by atoms with van der Waals surface area (Å²) in [5, 5.41) is 2.62. The van der Waals surface area contributed by atoms with E-state index in [1.165, 1.54) is 17.4 Å². The number of amides is 1. The molecule has 5 nitrogen and oxygen atoms in total. The number of para-hydroxylation sites is 1. The number of benzene rings is 1. The van der Waals surface area contributed by atoms with Crippen LogP contribution < -0.4 is 20.2 Å². The van der Waals surface area contributed by atoms with Crippen LogP contribution in [0.5, 0.6) is 0 Å². The standard InChI is InChI=1S/C15H13N3O2S/c1-2-7-16-13(19)8-12-14(20)18-9-10-5-3-4-6-11(10)17-15(18)21-12/h2-6,8H,1,7,9H2,(H,16,19). The van der Waals surface area contributed by atoms with Gasteiger partial charge in [-0.05, 0) is 11.6 Å². The third-order valence-electron chi connectivity index (χ3n) is 3.11. The molecule has 106 valence electrons. The first kappa shape index (κ1) is 13.5. The molecule has 0 unspecified atom stereocenters. The topological polar surface area (TPSA) is 63.5 Å². The quantitative estimate of drug-likeness (QED) is 0.707. The predicted molar refractivity (Wildman–Crippen MR) is 82.2 cm³/mol. The zero-order valence-corrected chi connectivity index (χ0v) is 12.0. The van der Waals surface area contributed by atoms with E-state index in [9.17, 15) is 9.59 Å². The number of carbonyl (C=O) groups excluding carboxylic acids is 1. The van der Waals surface area contributed by atoms with Crippen LogP contribution in [0.1, 0.15) is 5.56 Å². The van der Waals surface area contributed by atoms with E-state index in [0.29, 0.717) is 22.4 Å². The second-order valence-corrected chi connectivity index (χ2v) is 5.57. The molecule has 0 saturated heterocycles. The van der Waals surface area contributed by atoms with E-state index in [4.69, 9.17) is 0 Å². The highest BCUT2D eigenvalue weighted by atomic mass is 32.1. The number of rotatable bonds is 3. The van der Waals surface area contributed by atoms with Crippen molar-refractivity contribution in [3.8, 4) is 0 Å². The molecule has 0 saturated carbocycles. The molecule has 0 bridgehead atoms. The highest BCUT2D eigenvalue weighted by Gasteiger charge is 2.14. The van der Waals surface area contributed by atoms with E-state index in [1.807, 2.05) is 24.3 Å². The summed E-state index contributed by atoms with van der Waals surface area (Å²) in [7, 11) is 0. The first-order chi connectivity index (χ1) is 10.2. The summed E-state index contributed by atoms with van der Waals surface area (Å²) in [4.78, 5) is 29.1. The summed E-state index contributed by atoms with van der Waals surface area (Å²) in [6.45, 7) is 4.39. The van der Waals surface area contributed by atoms with Crippen LogP contribution in [-0.2, 0) is 11.3 Å². The van der Waals surface area contributed by atoms with E-state index < -0.39 is 0 Å². The summed E-state index contributed by atoms with van der Waals surface area (Å²) in [5.41, 5.74) is 1.70. The van der Waals surface area contributed by atoms with E-state index in [2.05, 4.69) is 16.9 Å². The summed E-state index contributed by atoms with van der Waals surface area (Å²) in [6, 6.07) is 7.71. The van der Waals surface area contributed by atoms with Crippen molar-refractivity contribution in [3.05, 3.63) is 62.2 Å². The summed E-state index contributed by atoms with van der Waals surface area (Å²) in [6.07, 6.45) is 2.91. The van der Waals surface area contributed by atoms with Crippen molar-refractivity contribution in [2.75, 3.05) is 6.54 Å². The predicted octanol–water partition coefficient (Wildman–Crippen LogP) is 0.306. The zero-order chi connectivity index (χ0) is 14.8. The average molecular weight is 299 g/mol. The first-order valence-electron chi connectivity index (χ1n) is 6.46. The van der Waals surface area contributed by atoms with Crippen molar-refractivity contribution in [1.82, 2.24) is 9.88 Å². The molecule has 6 heteroatoms. The van der Waals surface area contributed by atoms with Gasteiger partial charge < -0.3 is 5.32 Å². The highest BCUT2D eigenvalue weighted by Crippen LogP contribution is 2.20. The smallest absolute Gasteiger partial charge is 0.270 e. The number of hydrogen-bond donors (Lipinski definition) is 1. The second kappa shape index (κ2) is 5.49. The Morgan fingerprint density at radius 2 is 2.29 bits per heavy atom. The van der Waals surface area contributed by atoms with Gasteiger partial charge in [-0.2, -0.15) is 0 Å². The molecule has 1 amide bonds. The van der Waals surface area contributed by atoms with Gasteiger partial charge >= 0.3 is 0 Å². The fraction of sp³-hybridized carbons (Fsp3) is 0.133. The number of nitrogens with zero attached hydrogens (tertiary/aromatic N) is 2. The fourth-order valence-electron chi connectivity index (χ4n) is 2.10. The van der Waals surface area contributed by atoms with Crippen molar-refractivity contribution in [1.29, 1.82) is 0 Å². The minimum atomic E-state index is -0.302.